The molecule has 1 aromatic heterocycles. The van der Waals surface area contributed by atoms with E-state index in [0.29, 0.717) is 13.2 Å². The quantitative estimate of drug-likeness (QED) is 0.450. The third-order valence-electron chi connectivity index (χ3n) is 4.73. The van der Waals surface area contributed by atoms with Crippen LogP contribution in [0.3, 0.4) is 0 Å². The summed E-state index contributed by atoms with van der Waals surface area (Å²) in [6.45, 7) is 10.7. The van der Waals surface area contributed by atoms with E-state index in [2.05, 4.69) is 34.0 Å². The van der Waals surface area contributed by atoms with Gasteiger partial charge in [0.25, 0.3) is 0 Å². The monoisotopic (exact) mass is 354 g/mol. The van der Waals surface area contributed by atoms with Crippen molar-refractivity contribution in [3.8, 4) is 0 Å². The van der Waals surface area contributed by atoms with Crippen molar-refractivity contribution in [1.82, 2.24) is 14.9 Å². The van der Waals surface area contributed by atoms with E-state index in [1.807, 2.05) is 24.3 Å². The van der Waals surface area contributed by atoms with Crippen molar-refractivity contribution in [2.75, 3.05) is 31.1 Å². The van der Waals surface area contributed by atoms with E-state index in [-0.39, 0.29) is 11.8 Å². The van der Waals surface area contributed by atoms with Crippen LogP contribution in [-0.2, 0) is 16.1 Å². The minimum Gasteiger partial charge on any atom is -0.500 e. The van der Waals surface area contributed by atoms with Crippen LogP contribution in [0.15, 0.2) is 49.8 Å². The number of benzene rings is 1. The zero-order valence-corrected chi connectivity index (χ0v) is 15.1. The Hall–Kier alpha value is -2.76. The molecule has 1 N–H and O–H groups in total. The summed E-state index contributed by atoms with van der Waals surface area (Å²) in [5, 5.41) is 2.93. The molecule has 0 unspecified atom stereocenters. The Morgan fingerprint density at radius 3 is 2.81 bits per heavy atom. The lowest BCUT2D eigenvalue weighted by Gasteiger charge is -2.32. The van der Waals surface area contributed by atoms with Crippen LogP contribution in [0.2, 0.25) is 0 Å². The minimum absolute atomic E-state index is 0.0483. The fraction of sp³-hybridized carbons (Fsp3) is 0.400. The van der Waals surface area contributed by atoms with Gasteiger partial charge in [-0.1, -0.05) is 24.8 Å². The van der Waals surface area contributed by atoms with Crippen LogP contribution < -0.4 is 10.2 Å². The first-order valence-corrected chi connectivity index (χ1v) is 9.06. The molecule has 0 bridgehead atoms. The first-order chi connectivity index (χ1) is 12.7. The molecule has 0 aliphatic carbocycles. The molecule has 0 radical (unpaired) electrons. The highest BCUT2D eigenvalue weighted by Crippen LogP contribution is 2.27. The molecule has 2 heterocycles. The van der Waals surface area contributed by atoms with Crippen molar-refractivity contribution in [3.05, 3.63) is 49.8 Å². The van der Waals surface area contributed by atoms with Gasteiger partial charge < -0.3 is 19.5 Å². The number of amides is 1. The summed E-state index contributed by atoms with van der Waals surface area (Å²) in [4.78, 5) is 19.4. The SMILES string of the molecule is C=CCn1c(N2CCC(C(=O)NCCOC=C)CC2)nc2ccccc21. The number of nitrogens with zero attached hydrogens (tertiary/aromatic N) is 3. The highest BCUT2D eigenvalue weighted by Gasteiger charge is 2.27. The van der Waals surface area contributed by atoms with Gasteiger partial charge in [0.15, 0.2) is 0 Å². The van der Waals surface area contributed by atoms with E-state index in [9.17, 15) is 4.79 Å². The normalized spacial score (nSPS) is 15.0. The molecule has 26 heavy (non-hydrogen) atoms. The van der Waals surface area contributed by atoms with Gasteiger partial charge in [0, 0.05) is 25.6 Å². The van der Waals surface area contributed by atoms with Gasteiger partial charge in [-0.15, -0.1) is 6.58 Å². The summed E-state index contributed by atoms with van der Waals surface area (Å²) in [6.07, 6.45) is 4.93. The van der Waals surface area contributed by atoms with Crippen LogP contribution in [0.4, 0.5) is 5.95 Å². The van der Waals surface area contributed by atoms with Crippen LogP contribution >= 0.6 is 0 Å². The highest BCUT2D eigenvalue weighted by atomic mass is 16.5. The smallest absolute Gasteiger partial charge is 0.223 e. The van der Waals surface area contributed by atoms with E-state index < -0.39 is 0 Å². The summed E-state index contributed by atoms with van der Waals surface area (Å²) >= 11 is 0. The number of aromatic nitrogens is 2. The number of imidazole rings is 1. The number of allylic oxidation sites excluding steroid dienone is 1. The zero-order valence-electron chi connectivity index (χ0n) is 15.1. The Kier molecular flexibility index (Phi) is 5.94. The van der Waals surface area contributed by atoms with Crippen LogP contribution in [-0.4, -0.2) is 41.7 Å². The van der Waals surface area contributed by atoms with Gasteiger partial charge in [-0.05, 0) is 25.0 Å². The van der Waals surface area contributed by atoms with Crippen molar-refractivity contribution in [3.63, 3.8) is 0 Å². The average molecular weight is 354 g/mol. The Morgan fingerprint density at radius 1 is 1.31 bits per heavy atom. The average Bonchev–Trinajstić information content (AvgIpc) is 3.04. The van der Waals surface area contributed by atoms with Crippen molar-refractivity contribution in [2.45, 2.75) is 19.4 Å². The molecule has 138 valence electrons. The molecule has 0 atom stereocenters. The molecule has 0 saturated carbocycles. The predicted octanol–water partition coefficient (Wildman–Crippen LogP) is 2.72. The molecule has 1 amide bonds. The molecule has 0 spiro atoms. The molecule has 1 aliphatic rings. The van der Waals surface area contributed by atoms with Gasteiger partial charge in [-0.3, -0.25) is 4.79 Å². The Balaban J connectivity index is 1.64. The highest BCUT2D eigenvalue weighted by molar-refractivity contribution is 5.80. The molecular weight excluding hydrogens is 328 g/mol. The van der Waals surface area contributed by atoms with Gasteiger partial charge in [-0.2, -0.15) is 0 Å². The molecular formula is C20H26N4O2. The Labute approximate surface area is 154 Å². The van der Waals surface area contributed by atoms with Gasteiger partial charge in [0.2, 0.25) is 11.9 Å². The largest absolute Gasteiger partial charge is 0.500 e. The maximum Gasteiger partial charge on any atom is 0.223 e. The predicted molar refractivity (Wildman–Crippen MR) is 104 cm³/mol. The molecule has 2 aromatic rings. The summed E-state index contributed by atoms with van der Waals surface area (Å²) in [6, 6.07) is 8.15. The number of rotatable bonds is 8. The number of carbonyl (C=O) groups is 1. The van der Waals surface area contributed by atoms with E-state index >= 15 is 0 Å². The zero-order chi connectivity index (χ0) is 18.4. The fourth-order valence-corrected chi connectivity index (χ4v) is 3.42. The van der Waals surface area contributed by atoms with Crippen molar-refractivity contribution < 1.29 is 9.53 Å². The second-order valence-corrected chi connectivity index (χ2v) is 6.39. The second-order valence-electron chi connectivity index (χ2n) is 6.39. The lowest BCUT2D eigenvalue weighted by molar-refractivity contribution is -0.125. The lowest BCUT2D eigenvalue weighted by Crippen LogP contribution is -2.42. The number of ether oxygens (including phenoxy) is 1. The molecule has 1 aliphatic heterocycles. The molecule has 1 saturated heterocycles. The van der Waals surface area contributed by atoms with E-state index in [1.54, 1.807) is 0 Å². The number of hydrogen-bond acceptors (Lipinski definition) is 4. The summed E-state index contributed by atoms with van der Waals surface area (Å²) < 4.78 is 7.22. The van der Waals surface area contributed by atoms with Crippen LogP contribution in [0.1, 0.15) is 12.8 Å². The van der Waals surface area contributed by atoms with Crippen LogP contribution in [0.5, 0.6) is 0 Å². The Bertz CT molecular complexity index is 775. The number of hydrogen-bond donors (Lipinski definition) is 1. The number of para-hydroxylation sites is 2. The molecule has 6 nitrogen and oxygen atoms in total. The summed E-state index contributed by atoms with van der Waals surface area (Å²) in [7, 11) is 0. The van der Waals surface area contributed by atoms with Gasteiger partial charge in [0.05, 0.1) is 23.8 Å². The third-order valence-corrected chi connectivity index (χ3v) is 4.73. The van der Waals surface area contributed by atoms with Crippen LogP contribution in [0, 0.1) is 5.92 Å². The molecule has 3 rings (SSSR count). The minimum atomic E-state index is 0.0483. The van der Waals surface area contributed by atoms with Gasteiger partial charge in [0.1, 0.15) is 6.61 Å². The number of carbonyl (C=O) groups excluding carboxylic acids is 1. The third kappa shape index (κ3) is 3.90. The topological polar surface area (TPSA) is 59.4 Å². The van der Waals surface area contributed by atoms with Crippen LogP contribution in [0.25, 0.3) is 11.0 Å². The van der Waals surface area contributed by atoms with Gasteiger partial charge in [-0.25, -0.2) is 4.98 Å². The fourth-order valence-electron chi connectivity index (χ4n) is 3.42. The number of anilines is 1. The Morgan fingerprint density at radius 2 is 2.08 bits per heavy atom. The van der Waals surface area contributed by atoms with E-state index in [0.717, 1.165) is 49.5 Å². The van der Waals surface area contributed by atoms with Gasteiger partial charge >= 0.3 is 0 Å². The summed E-state index contributed by atoms with van der Waals surface area (Å²) in [5.74, 6) is 1.12. The van der Waals surface area contributed by atoms with Crippen molar-refractivity contribution in [1.29, 1.82) is 0 Å². The second kappa shape index (κ2) is 8.56. The lowest BCUT2D eigenvalue weighted by atomic mass is 9.96. The maximum absolute atomic E-state index is 12.3. The standard InChI is InChI=1S/C20H26N4O2/c1-3-12-24-18-8-6-5-7-17(18)22-20(24)23-13-9-16(10-14-23)19(25)21-11-15-26-4-2/h3-8,16H,1-2,9-15H2,(H,21,25). The maximum atomic E-state index is 12.3. The first-order valence-electron chi connectivity index (χ1n) is 9.06. The molecule has 1 fully saturated rings. The number of piperidine rings is 1. The number of nitrogens with one attached hydrogen (secondary N) is 1. The van der Waals surface area contributed by atoms with Crippen molar-refractivity contribution in [2.24, 2.45) is 5.92 Å². The molecule has 1 aromatic carbocycles. The summed E-state index contributed by atoms with van der Waals surface area (Å²) in [5.41, 5.74) is 2.11. The molecule has 6 heteroatoms. The first kappa shape index (κ1) is 18.0. The number of fused-ring (bicyclic) bond motifs is 1. The van der Waals surface area contributed by atoms with E-state index in [1.165, 1.54) is 6.26 Å². The van der Waals surface area contributed by atoms with E-state index in [4.69, 9.17) is 9.72 Å². The van der Waals surface area contributed by atoms with Crippen molar-refractivity contribution >= 4 is 22.9 Å².